The highest BCUT2D eigenvalue weighted by molar-refractivity contribution is 5.60. The summed E-state index contributed by atoms with van der Waals surface area (Å²) in [6.45, 7) is 0.903. The van der Waals surface area contributed by atoms with Gasteiger partial charge in [0.05, 0.1) is 11.3 Å². The molecule has 38 heavy (non-hydrogen) atoms. The minimum atomic E-state index is -4.64. The van der Waals surface area contributed by atoms with Gasteiger partial charge in [0.15, 0.2) is 0 Å². The highest BCUT2D eigenvalue weighted by atomic mass is 19.4. The number of nitrogens with one attached hydrogen (secondary N) is 1. The number of para-hydroxylation sites is 1. The number of hydrogen-bond acceptors (Lipinski definition) is 2. The standard InChI is InChI=1S/C32H27F3N2O/c33-32(34,35)29-20-10-19-28(31(38,25-14-6-2-7-15-25)26-16-8-3-9-17-26)30(29)37-21-11-18-27(37)23-36-22-24-12-4-1-5-13-24/h1-21,36,38H,22-23H2. The number of rotatable bonds is 8. The summed E-state index contributed by atoms with van der Waals surface area (Å²) in [6.07, 6.45) is -3.03. The zero-order chi connectivity index (χ0) is 26.6. The first-order chi connectivity index (χ1) is 18.4. The maximum absolute atomic E-state index is 14.5. The van der Waals surface area contributed by atoms with E-state index in [0.717, 1.165) is 11.6 Å². The predicted molar refractivity (Wildman–Crippen MR) is 143 cm³/mol. The summed E-state index contributed by atoms with van der Waals surface area (Å²) in [5, 5.41) is 15.7. The number of halogens is 3. The molecule has 0 saturated carbocycles. The van der Waals surface area contributed by atoms with E-state index in [1.807, 2.05) is 42.5 Å². The zero-order valence-electron chi connectivity index (χ0n) is 20.6. The maximum atomic E-state index is 14.5. The zero-order valence-corrected chi connectivity index (χ0v) is 20.6. The third-order valence-electron chi connectivity index (χ3n) is 6.67. The smallest absolute Gasteiger partial charge is 0.376 e. The van der Waals surface area contributed by atoms with Crippen LogP contribution in [0.15, 0.2) is 128 Å². The third kappa shape index (κ3) is 5.01. The second kappa shape index (κ2) is 10.7. The van der Waals surface area contributed by atoms with Gasteiger partial charge in [0.25, 0.3) is 0 Å². The van der Waals surface area contributed by atoms with Crippen molar-refractivity contribution in [2.24, 2.45) is 0 Å². The van der Waals surface area contributed by atoms with E-state index in [1.165, 1.54) is 10.6 Å². The van der Waals surface area contributed by atoms with Crippen molar-refractivity contribution in [3.05, 3.63) is 161 Å². The van der Waals surface area contributed by atoms with Gasteiger partial charge >= 0.3 is 6.18 Å². The Morgan fingerprint density at radius 2 is 1.16 bits per heavy atom. The molecule has 192 valence electrons. The summed E-state index contributed by atoms with van der Waals surface area (Å²) in [7, 11) is 0. The fraction of sp³-hybridized carbons (Fsp3) is 0.125. The molecule has 0 spiro atoms. The molecule has 4 aromatic carbocycles. The maximum Gasteiger partial charge on any atom is 0.418 e. The summed E-state index contributed by atoms with van der Waals surface area (Å²) in [4.78, 5) is 0. The molecule has 3 nitrogen and oxygen atoms in total. The van der Waals surface area contributed by atoms with Gasteiger partial charge < -0.3 is 15.0 Å². The topological polar surface area (TPSA) is 37.2 Å². The van der Waals surface area contributed by atoms with Crippen LogP contribution in [0.5, 0.6) is 0 Å². The Balaban J connectivity index is 1.67. The lowest BCUT2D eigenvalue weighted by Gasteiger charge is -2.33. The molecule has 1 heterocycles. The second-order valence-electron chi connectivity index (χ2n) is 9.10. The van der Waals surface area contributed by atoms with Gasteiger partial charge in [-0.1, -0.05) is 103 Å². The average molecular weight is 513 g/mol. The lowest BCUT2D eigenvalue weighted by atomic mass is 9.78. The molecule has 0 bridgehead atoms. The van der Waals surface area contributed by atoms with Crippen LogP contribution in [0.4, 0.5) is 13.2 Å². The molecule has 0 aliphatic rings. The van der Waals surface area contributed by atoms with Crippen LogP contribution in [0.2, 0.25) is 0 Å². The highest BCUT2D eigenvalue weighted by Crippen LogP contribution is 2.44. The predicted octanol–water partition coefficient (Wildman–Crippen LogP) is 7.07. The normalized spacial score (nSPS) is 12.0. The third-order valence-corrected chi connectivity index (χ3v) is 6.67. The quantitative estimate of drug-likeness (QED) is 0.218. The fourth-order valence-corrected chi connectivity index (χ4v) is 4.87. The number of nitrogens with zero attached hydrogens (tertiary/aromatic N) is 1. The number of benzene rings is 4. The Kier molecular flexibility index (Phi) is 7.18. The van der Waals surface area contributed by atoms with Crippen molar-refractivity contribution < 1.29 is 18.3 Å². The molecule has 2 N–H and O–H groups in total. The molecule has 0 saturated heterocycles. The van der Waals surface area contributed by atoms with Crippen LogP contribution >= 0.6 is 0 Å². The Morgan fingerprint density at radius 1 is 0.605 bits per heavy atom. The Morgan fingerprint density at radius 3 is 1.74 bits per heavy atom. The van der Waals surface area contributed by atoms with E-state index in [2.05, 4.69) is 5.32 Å². The molecule has 0 amide bonds. The van der Waals surface area contributed by atoms with Gasteiger partial charge in [-0.15, -0.1) is 0 Å². The van der Waals surface area contributed by atoms with Crippen LogP contribution < -0.4 is 5.32 Å². The van der Waals surface area contributed by atoms with Crippen LogP contribution in [0, 0.1) is 0 Å². The summed E-state index contributed by atoms with van der Waals surface area (Å²) in [6, 6.07) is 34.9. The summed E-state index contributed by atoms with van der Waals surface area (Å²) in [5.41, 5.74) is 0.0537. The summed E-state index contributed by atoms with van der Waals surface area (Å²) >= 11 is 0. The van der Waals surface area contributed by atoms with Gasteiger partial charge in [-0.2, -0.15) is 13.2 Å². The summed E-state index contributed by atoms with van der Waals surface area (Å²) < 4.78 is 45.1. The number of hydrogen-bond donors (Lipinski definition) is 2. The van der Waals surface area contributed by atoms with Crippen molar-refractivity contribution in [1.82, 2.24) is 9.88 Å². The molecule has 0 aliphatic carbocycles. The van der Waals surface area contributed by atoms with Crippen molar-refractivity contribution >= 4 is 0 Å². The van der Waals surface area contributed by atoms with Crippen LogP contribution in [0.3, 0.4) is 0 Å². The Bertz CT molecular complexity index is 1440. The number of aromatic nitrogens is 1. The van der Waals surface area contributed by atoms with Crippen molar-refractivity contribution in [3.63, 3.8) is 0 Å². The minimum absolute atomic E-state index is 0.100. The number of alkyl halides is 3. The molecule has 5 rings (SSSR count). The first-order valence-corrected chi connectivity index (χ1v) is 12.3. The van der Waals surface area contributed by atoms with E-state index in [-0.39, 0.29) is 11.3 Å². The van der Waals surface area contributed by atoms with E-state index in [0.29, 0.717) is 29.9 Å². The monoisotopic (exact) mass is 512 g/mol. The van der Waals surface area contributed by atoms with Crippen molar-refractivity contribution in [2.45, 2.75) is 24.9 Å². The molecule has 0 unspecified atom stereocenters. The van der Waals surface area contributed by atoms with Gasteiger partial charge in [-0.05, 0) is 34.9 Å². The molecule has 0 aliphatic heterocycles. The van der Waals surface area contributed by atoms with Gasteiger partial charge in [0.1, 0.15) is 5.60 Å². The Hall–Kier alpha value is -4.13. The van der Waals surface area contributed by atoms with Crippen LogP contribution in [-0.2, 0) is 24.9 Å². The van der Waals surface area contributed by atoms with E-state index in [1.54, 1.807) is 72.9 Å². The van der Waals surface area contributed by atoms with Gasteiger partial charge in [0, 0.05) is 30.5 Å². The second-order valence-corrected chi connectivity index (χ2v) is 9.10. The van der Waals surface area contributed by atoms with Gasteiger partial charge in [0.2, 0.25) is 0 Å². The highest BCUT2D eigenvalue weighted by Gasteiger charge is 2.42. The molecule has 0 fully saturated rings. The van der Waals surface area contributed by atoms with E-state index < -0.39 is 17.3 Å². The molecule has 5 aromatic rings. The lowest BCUT2D eigenvalue weighted by Crippen LogP contribution is -2.32. The van der Waals surface area contributed by atoms with Gasteiger partial charge in [-0.3, -0.25) is 0 Å². The lowest BCUT2D eigenvalue weighted by molar-refractivity contribution is -0.137. The van der Waals surface area contributed by atoms with E-state index >= 15 is 0 Å². The summed E-state index contributed by atoms with van der Waals surface area (Å²) in [5.74, 6) is 0. The molecular weight excluding hydrogens is 485 g/mol. The first-order valence-electron chi connectivity index (χ1n) is 12.3. The van der Waals surface area contributed by atoms with Crippen LogP contribution in [0.1, 0.15) is 33.5 Å². The average Bonchev–Trinajstić information content (AvgIpc) is 3.41. The Labute approximate surface area is 219 Å². The van der Waals surface area contributed by atoms with Crippen molar-refractivity contribution in [3.8, 4) is 5.69 Å². The van der Waals surface area contributed by atoms with Crippen molar-refractivity contribution in [2.75, 3.05) is 0 Å². The largest absolute Gasteiger partial charge is 0.418 e. The SMILES string of the molecule is OC(c1ccccc1)(c1ccccc1)c1cccc(C(F)(F)F)c1-n1cccc1CNCc1ccccc1. The van der Waals surface area contributed by atoms with Crippen molar-refractivity contribution in [1.29, 1.82) is 0 Å². The molecule has 0 atom stereocenters. The van der Waals surface area contributed by atoms with E-state index in [4.69, 9.17) is 0 Å². The number of aliphatic hydroxyl groups is 1. The fourth-order valence-electron chi connectivity index (χ4n) is 4.87. The van der Waals surface area contributed by atoms with Crippen LogP contribution in [-0.4, -0.2) is 9.67 Å². The van der Waals surface area contributed by atoms with Gasteiger partial charge in [-0.25, -0.2) is 0 Å². The van der Waals surface area contributed by atoms with E-state index in [9.17, 15) is 18.3 Å². The molecule has 0 radical (unpaired) electrons. The van der Waals surface area contributed by atoms with Crippen LogP contribution in [0.25, 0.3) is 5.69 Å². The molecular formula is C32H27F3N2O. The molecule has 6 heteroatoms. The first kappa shape index (κ1) is 25.5. The molecule has 1 aromatic heterocycles. The minimum Gasteiger partial charge on any atom is -0.376 e.